The minimum Gasteiger partial charge on any atom is -0.378 e. The highest BCUT2D eigenvalue weighted by Gasteiger charge is 2.39. The average Bonchev–Trinajstić information content (AvgIpc) is 2.28. The van der Waals surface area contributed by atoms with Crippen LogP contribution in [0.5, 0.6) is 0 Å². The molecule has 1 saturated carbocycles. The predicted octanol–water partition coefficient (Wildman–Crippen LogP) is 5.31. The maximum Gasteiger partial charge on any atom is 0.0696 e. The Morgan fingerprint density at radius 3 is 2.50 bits per heavy atom. The zero-order valence-electron chi connectivity index (χ0n) is 11.2. The molecule has 2 rings (SSSR count). The molecular weight excluding hydrogens is 312 g/mol. The van der Waals surface area contributed by atoms with Gasteiger partial charge in [-0.1, -0.05) is 22.0 Å². The highest BCUT2D eigenvalue weighted by molar-refractivity contribution is 9.10. The number of halogens is 2. The summed E-state index contributed by atoms with van der Waals surface area (Å²) in [4.78, 5) is 0. The second kappa shape index (κ2) is 5.52. The fourth-order valence-electron chi connectivity index (χ4n) is 2.64. The zero-order chi connectivity index (χ0) is 13.3. The van der Waals surface area contributed by atoms with Gasteiger partial charge >= 0.3 is 0 Å². The van der Waals surface area contributed by atoms with Crippen molar-refractivity contribution in [3.8, 4) is 0 Å². The van der Waals surface area contributed by atoms with Crippen molar-refractivity contribution in [2.24, 2.45) is 0 Å². The van der Waals surface area contributed by atoms with Gasteiger partial charge in [-0.25, -0.2) is 0 Å². The maximum atomic E-state index is 6.62. The van der Waals surface area contributed by atoms with E-state index in [-0.39, 0.29) is 11.0 Å². The van der Waals surface area contributed by atoms with E-state index in [1.807, 2.05) is 7.11 Å². The van der Waals surface area contributed by atoms with E-state index in [1.165, 1.54) is 23.1 Å². The van der Waals surface area contributed by atoms with Crippen molar-refractivity contribution in [1.82, 2.24) is 0 Å². The topological polar surface area (TPSA) is 9.23 Å². The third-order valence-corrected chi connectivity index (χ3v) is 5.38. The molecule has 0 aromatic heterocycles. The Morgan fingerprint density at radius 1 is 1.33 bits per heavy atom. The lowest BCUT2D eigenvalue weighted by atomic mass is 9.75. The second-order valence-corrected chi connectivity index (χ2v) is 6.75. The van der Waals surface area contributed by atoms with Crippen molar-refractivity contribution < 1.29 is 4.74 Å². The molecule has 0 saturated heterocycles. The van der Waals surface area contributed by atoms with E-state index in [0.717, 1.165) is 23.7 Å². The third kappa shape index (κ3) is 2.76. The van der Waals surface area contributed by atoms with Crippen LogP contribution < -0.4 is 0 Å². The predicted molar refractivity (Wildman–Crippen MR) is 80.4 cm³/mol. The van der Waals surface area contributed by atoms with Gasteiger partial charge in [0.05, 0.1) is 11.0 Å². The molecule has 0 radical (unpaired) electrons. The van der Waals surface area contributed by atoms with Gasteiger partial charge in [0.1, 0.15) is 0 Å². The van der Waals surface area contributed by atoms with Gasteiger partial charge in [-0.3, -0.25) is 0 Å². The van der Waals surface area contributed by atoms with E-state index in [1.54, 1.807) is 0 Å². The molecule has 1 fully saturated rings. The van der Waals surface area contributed by atoms with Gasteiger partial charge in [-0.2, -0.15) is 0 Å². The third-order valence-electron chi connectivity index (χ3n) is 4.13. The standard InChI is InChI=1S/C15H20BrClO/c1-10-8-13(16)11(2)7-12(10)14(17)9-15(18-3)5-4-6-15/h7-8,14H,4-6,9H2,1-3H3. The van der Waals surface area contributed by atoms with Gasteiger partial charge in [0, 0.05) is 11.6 Å². The molecule has 1 nitrogen and oxygen atoms in total. The van der Waals surface area contributed by atoms with Crippen LogP contribution in [0, 0.1) is 13.8 Å². The lowest BCUT2D eigenvalue weighted by Gasteiger charge is -2.42. The molecule has 100 valence electrons. The summed E-state index contributed by atoms with van der Waals surface area (Å²) in [7, 11) is 1.81. The number of rotatable bonds is 4. The molecule has 0 N–H and O–H groups in total. The highest BCUT2D eigenvalue weighted by Crippen LogP contribution is 2.44. The van der Waals surface area contributed by atoms with E-state index >= 15 is 0 Å². The van der Waals surface area contributed by atoms with E-state index < -0.39 is 0 Å². The smallest absolute Gasteiger partial charge is 0.0696 e. The first-order valence-corrected chi connectivity index (χ1v) is 7.66. The van der Waals surface area contributed by atoms with E-state index in [2.05, 4.69) is 41.9 Å². The molecule has 0 amide bonds. The molecule has 1 atom stereocenters. The number of hydrogen-bond acceptors (Lipinski definition) is 1. The molecule has 3 heteroatoms. The number of benzene rings is 1. The van der Waals surface area contributed by atoms with Gasteiger partial charge in [0.25, 0.3) is 0 Å². The first-order valence-electron chi connectivity index (χ1n) is 6.43. The fraction of sp³-hybridized carbons (Fsp3) is 0.600. The van der Waals surface area contributed by atoms with Gasteiger partial charge < -0.3 is 4.74 Å². The Balaban J connectivity index is 2.18. The summed E-state index contributed by atoms with van der Waals surface area (Å²) in [6.07, 6.45) is 4.45. The Kier molecular flexibility index (Phi) is 4.40. The normalized spacial score (nSPS) is 19.4. The molecule has 0 spiro atoms. The minimum atomic E-state index is 0.0276. The van der Waals surface area contributed by atoms with Crippen molar-refractivity contribution in [3.63, 3.8) is 0 Å². The molecule has 18 heavy (non-hydrogen) atoms. The number of ether oxygens (including phenoxy) is 1. The van der Waals surface area contributed by atoms with Crippen LogP contribution in [0.2, 0.25) is 0 Å². The van der Waals surface area contributed by atoms with Crippen molar-refractivity contribution in [3.05, 3.63) is 33.3 Å². The fourth-order valence-corrected chi connectivity index (χ4v) is 3.61. The SMILES string of the molecule is COC1(CC(Cl)c2cc(C)c(Br)cc2C)CCC1. The van der Waals surface area contributed by atoms with Crippen molar-refractivity contribution >= 4 is 27.5 Å². The molecular formula is C15H20BrClO. The Labute approximate surface area is 123 Å². The molecule has 1 aromatic rings. The van der Waals surface area contributed by atoms with Gasteiger partial charge in [-0.15, -0.1) is 11.6 Å². The van der Waals surface area contributed by atoms with Gasteiger partial charge in [-0.05, 0) is 62.3 Å². The second-order valence-electron chi connectivity index (χ2n) is 5.37. The number of methoxy groups -OCH3 is 1. The number of aryl methyl sites for hydroxylation is 2. The molecule has 1 aromatic carbocycles. The van der Waals surface area contributed by atoms with E-state index in [4.69, 9.17) is 16.3 Å². The quantitative estimate of drug-likeness (QED) is 0.680. The van der Waals surface area contributed by atoms with Crippen molar-refractivity contribution in [2.75, 3.05) is 7.11 Å². The van der Waals surface area contributed by atoms with Crippen molar-refractivity contribution in [1.29, 1.82) is 0 Å². The number of hydrogen-bond donors (Lipinski definition) is 0. The summed E-state index contributed by atoms with van der Waals surface area (Å²) < 4.78 is 6.82. The first kappa shape index (κ1) is 14.4. The monoisotopic (exact) mass is 330 g/mol. The van der Waals surface area contributed by atoms with Crippen LogP contribution in [0.25, 0.3) is 0 Å². The van der Waals surface area contributed by atoms with Crippen LogP contribution in [-0.4, -0.2) is 12.7 Å². The Hall–Kier alpha value is -0.0500. The summed E-state index contributed by atoms with van der Waals surface area (Å²) in [5.74, 6) is 0. The molecule has 1 unspecified atom stereocenters. The summed E-state index contributed by atoms with van der Waals surface area (Å²) >= 11 is 10.2. The summed E-state index contributed by atoms with van der Waals surface area (Å²) in [5, 5.41) is 0.0389. The van der Waals surface area contributed by atoms with Crippen LogP contribution in [-0.2, 0) is 4.74 Å². The van der Waals surface area contributed by atoms with Gasteiger partial charge in [0.2, 0.25) is 0 Å². The van der Waals surface area contributed by atoms with Crippen LogP contribution in [0.1, 0.15) is 47.8 Å². The molecule has 0 aliphatic heterocycles. The largest absolute Gasteiger partial charge is 0.378 e. The summed E-state index contributed by atoms with van der Waals surface area (Å²) in [5.41, 5.74) is 3.75. The lowest BCUT2D eigenvalue weighted by molar-refractivity contribution is -0.0780. The Bertz CT molecular complexity index is 435. The molecule has 1 aliphatic rings. The molecule has 0 heterocycles. The van der Waals surface area contributed by atoms with Crippen LogP contribution in [0.15, 0.2) is 16.6 Å². The minimum absolute atomic E-state index is 0.0276. The van der Waals surface area contributed by atoms with E-state index in [0.29, 0.717) is 0 Å². The van der Waals surface area contributed by atoms with E-state index in [9.17, 15) is 0 Å². The summed E-state index contributed by atoms with van der Waals surface area (Å²) in [6, 6.07) is 4.35. The highest BCUT2D eigenvalue weighted by atomic mass is 79.9. The van der Waals surface area contributed by atoms with Crippen LogP contribution in [0.3, 0.4) is 0 Å². The lowest BCUT2D eigenvalue weighted by Crippen LogP contribution is -2.40. The average molecular weight is 332 g/mol. The van der Waals surface area contributed by atoms with Gasteiger partial charge in [0.15, 0.2) is 0 Å². The Morgan fingerprint density at radius 2 is 2.00 bits per heavy atom. The van der Waals surface area contributed by atoms with Crippen LogP contribution in [0.4, 0.5) is 0 Å². The summed E-state index contributed by atoms with van der Waals surface area (Å²) in [6.45, 7) is 4.22. The molecule has 1 aliphatic carbocycles. The van der Waals surface area contributed by atoms with Crippen molar-refractivity contribution in [2.45, 2.75) is 50.5 Å². The first-order chi connectivity index (χ1) is 8.47. The maximum absolute atomic E-state index is 6.62. The van der Waals surface area contributed by atoms with Crippen LogP contribution >= 0.6 is 27.5 Å². The number of alkyl halides is 1. The zero-order valence-corrected chi connectivity index (χ0v) is 13.6. The molecule has 0 bridgehead atoms.